The summed E-state index contributed by atoms with van der Waals surface area (Å²) in [5.74, 6) is 1.38. The molecule has 1 atom stereocenters. The zero-order chi connectivity index (χ0) is 18.4. The smallest absolute Gasteiger partial charge is 0.275 e. The van der Waals surface area contributed by atoms with Crippen LogP contribution in [0.2, 0.25) is 0 Å². The van der Waals surface area contributed by atoms with Gasteiger partial charge in [0, 0.05) is 24.9 Å². The molecule has 1 aliphatic heterocycles. The lowest BCUT2D eigenvalue weighted by Crippen LogP contribution is -2.19. The highest BCUT2D eigenvalue weighted by Crippen LogP contribution is 2.29. The molecule has 2 N–H and O–H groups in total. The molecule has 8 nitrogen and oxygen atoms in total. The summed E-state index contributed by atoms with van der Waals surface area (Å²) in [6, 6.07) is 5.13. The molecular formula is C18H22N4O4. The van der Waals surface area contributed by atoms with Crippen LogP contribution in [-0.4, -0.2) is 49.4 Å². The number of benzene rings is 1. The first-order chi connectivity index (χ1) is 12.7. The van der Waals surface area contributed by atoms with E-state index in [0.29, 0.717) is 29.5 Å². The number of aromatic nitrogens is 2. The first kappa shape index (κ1) is 17.9. The molecular weight excluding hydrogens is 336 g/mol. The molecule has 1 unspecified atom stereocenters. The van der Waals surface area contributed by atoms with Gasteiger partial charge in [0.05, 0.1) is 32.7 Å². The van der Waals surface area contributed by atoms with Crippen LogP contribution in [0.4, 0.5) is 11.5 Å². The average molecular weight is 358 g/mol. The number of carbonyl (C=O) groups is 1. The maximum atomic E-state index is 12.3. The van der Waals surface area contributed by atoms with Gasteiger partial charge in [0.1, 0.15) is 11.5 Å². The molecule has 1 saturated heterocycles. The predicted octanol–water partition coefficient (Wildman–Crippen LogP) is 2.34. The van der Waals surface area contributed by atoms with Gasteiger partial charge in [0.2, 0.25) is 0 Å². The van der Waals surface area contributed by atoms with Crippen molar-refractivity contribution in [3.63, 3.8) is 0 Å². The molecule has 3 rings (SSSR count). The van der Waals surface area contributed by atoms with Crippen LogP contribution in [0.15, 0.2) is 30.6 Å². The number of hydrogen-bond donors (Lipinski definition) is 2. The largest absolute Gasteiger partial charge is 0.493 e. The molecule has 0 saturated carbocycles. The fourth-order valence-electron chi connectivity index (χ4n) is 2.67. The molecule has 0 aliphatic carbocycles. The third-order valence-electron chi connectivity index (χ3n) is 4.06. The molecule has 2 heterocycles. The van der Waals surface area contributed by atoms with Crippen LogP contribution < -0.4 is 20.1 Å². The summed E-state index contributed by atoms with van der Waals surface area (Å²) in [6.07, 6.45) is 5.33. The number of anilines is 2. The predicted molar refractivity (Wildman–Crippen MR) is 97.0 cm³/mol. The fraction of sp³-hybridized carbons (Fsp3) is 0.389. The van der Waals surface area contributed by atoms with Crippen LogP contribution in [0, 0.1) is 0 Å². The van der Waals surface area contributed by atoms with Crippen LogP contribution in [-0.2, 0) is 4.74 Å². The van der Waals surface area contributed by atoms with E-state index in [1.54, 1.807) is 31.5 Å². The van der Waals surface area contributed by atoms with Crippen molar-refractivity contribution in [3.8, 4) is 11.5 Å². The van der Waals surface area contributed by atoms with Gasteiger partial charge in [-0.25, -0.2) is 9.97 Å². The number of carbonyl (C=O) groups excluding carboxylic acids is 1. The molecule has 1 aliphatic rings. The van der Waals surface area contributed by atoms with Crippen LogP contribution in [0.1, 0.15) is 23.3 Å². The van der Waals surface area contributed by atoms with Crippen molar-refractivity contribution in [1.29, 1.82) is 0 Å². The summed E-state index contributed by atoms with van der Waals surface area (Å²) in [5, 5.41) is 5.93. The number of methoxy groups -OCH3 is 2. The van der Waals surface area contributed by atoms with Gasteiger partial charge in [-0.15, -0.1) is 0 Å². The highest BCUT2D eigenvalue weighted by Gasteiger charge is 2.15. The van der Waals surface area contributed by atoms with E-state index in [9.17, 15) is 4.79 Å². The van der Waals surface area contributed by atoms with Crippen LogP contribution in [0.25, 0.3) is 0 Å². The summed E-state index contributed by atoms with van der Waals surface area (Å²) in [6.45, 7) is 1.50. The molecule has 8 heteroatoms. The maximum Gasteiger partial charge on any atom is 0.275 e. The van der Waals surface area contributed by atoms with Gasteiger partial charge in [0.15, 0.2) is 11.5 Å². The first-order valence-electron chi connectivity index (χ1n) is 8.40. The quantitative estimate of drug-likeness (QED) is 0.784. The number of rotatable bonds is 7. The minimum absolute atomic E-state index is 0.213. The summed E-state index contributed by atoms with van der Waals surface area (Å²) in [7, 11) is 3.09. The van der Waals surface area contributed by atoms with Crippen molar-refractivity contribution >= 4 is 17.4 Å². The van der Waals surface area contributed by atoms with Gasteiger partial charge in [-0.1, -0.05) is 0 Å². The first-order valence-corrected chi connectivity index (χ1v) is 8.40. The highest BCUT2D eigenvalue weighted by atomic mass is 16.5. The molecule has 26 heavy (non-hydrogen) atoms. The third-order valence-corrected chi connectivity index (χ3v) is 4.06. The van der Waals surface area contributed by atoms with Crippen molar-refractivity contribution < 1.29 is 19.0 Å². The van der Waals surface area contributed by atoms with Crippen LogP contribution in [0.5, 0.6) is 11.5 Å². The lowest BCUT2D eigenvalue weighted by Gasteiger charge is -2.11. The van der Waals surface area contributed by atoms with Gasteiger partial charge in [-0.3, -0.25) is 4.79 Å². The van der Waals surface area contributed by atoms with E-state index >= 15 is 0 Å². The van der Waals surface area contributed by atoms with E-state index in [0.717, 1.165) is 19.4 Å². The van der Waals surface area contributed by atoms with Gasteiger partial charge in [0.25, 0.3) is 5.91 Å². The highest BCUT2D eigenvalue weighted by molar-refractivity contribution is 6.02. The number of ether oxygens (including phenoxy) is 3. The summed E-state index contributed by atoms with van der Waals surface area (Å²) >= 11 is 0. The number of nitrogens with one attached hydrogen (secondary N) is 2. The minimum Gasteiger partial charge on any atom is -0.493 e. The summed E-state index contributed by atoms with van der Waals surface area (Å²) in [4.78, 5) is 20.7. The Bertz CT molecular complexity index is 745. The molecule has 1 amide bonds. The second-order valence-electron chi connectivity index (χ2n) is 5.83. The second kappa shape index (κ2) is 8.48. The van der Waals surface area contributed by atoms with Crippen molar-refractivity contribution in [1.82, 2.24) is 9.97 Å². The van der Waals surface area contributed by atoms with E-state index in [1.807, 2.05) is 0 Å². The molecule has 1 aromatic carbocycles. The molecule has 2 aromatic rings. The van der Waals surface area contributed by atoms with E-state index in [-0.39, 0.29) is 17.7 Å². The van der Waals surface area contributed by atoms with Gasteiger partial charge < -0.3 is 24.8 Å². The fourth-order valence-corrected chi connectivity index (χ4v) is 2.67. The Morgan fingerprint density at radius 1 is 1.23 bits per heavy atom. The Morgan fingerprint density at radius 2 is 2.08 bits per heavy atom. The molecule has 0 spiro atoms. The van der Waals surface area contributed by atoms with E-state index < -0.39 is 0 Å². The molecule has 0 radical (unpaired) electrons. The zero-order valence-corrected chi connectivity index (χ0v) is 14.8. The minimum atomic E-state index is -0.351. The zero-order valence-electron chi connectivity index (χ0n) is 14.8. The molecule has 1 aromatic heterocycles. The normalized spacial score (nSPS) is 16.2. The number of hydrogen-bond acceptors (Lipinski definition) is 7. The van der Waals surface area contributed by atoms with Crippen molar-refractivity contribution in [3.05, 3.63) is 36.3 Å². The number of amides is 1. The lowest BCUT2D eigenvalue weighted by molar-refractivity contribution is 0.102. The van der Waals surface area contributed by atoms with E-state index in [1.165, 1.54) is 13.3 Å². The van der Waals surface area contributed by atoms with Crippen LogP contribution in [0.3, 0.4) is 0 Å². The van der Waals surface area contributed by atoms with Crippen LogP contribution >= 0.6 is 0 Å². The summed E-state index contributed by atoms with van der Waals surface area (Å²) in [5.41, 5.74) is 0.803. The second-order valence-corrected chi connectivity index (χ2v) is 5.83. The maximum absolute atomic E-state index is 12.3. The molecule has 138 valence electrons. The Hall–Kier alpha value is -2.87. The standard InChI is InChI=1S/C18H22N4O4/c1-24-15-6-5-12(8-16(15)25-2)22-18(23)14-10-21-17(11-19-14)20-9-13-4-3-7-26-13/h5-6,8,10-11,13H,3-4,7,9H2,1-2H3,(H,20,21)(H,22,23). The Balaban J connectivity index is 1.59. The van der Waals surface area contributed by atoms with Gasteiger partial charge in [-0.05, 0) is 25.0 Å². The Morgan fingerprint density at radius 3 is 2.73 bits per heavy atom. The Labute approximate surface area is 151 Å². The lowest BCUT2D eigenvalue weighted by atomic mass is 10.2. The monoisotopic (exact) mass is 358 g/mol. The van der Waals surface area contributed by atoms with Crippen molar-refractivity contribution in [2.24, 2.45) is 0 Å². The third kappa shape index (κ3) is 4.40. The topological polar surface area (TPSA) is 94.6 Å². The average Bonchev–Trinajstić information content (AvgIpc) is 3.20. The molecule has 1 fully saturated rings. The van der Waals surface area contributed by atoms with Gasteiger partial charge in [-0.2, -0.15) is 0 Å². The Kier molecular flexibility index (Phi) is 5.85. The molecule has 0 bridgehead atoms. The van der Waals surface area contributed by atoms with E-state index in [2.05, 4.69) is 20.6 Å². The van der Waals surface area contributed by atoms with Crippen molar-refractivity contribution in [2.45, 2.75) is 18.9 Å². The van der Waals surface area contributed by atoms with E-state index in [4.69, 9.17) is 14.2 Å². The SMILES string of the molecule is COc1ccc(NC(=O)c2cnc(NCC3CCCO3)cn2)cc1OC. The van der Waals surface area contributed by atoms with Gasteiger partial charge >= 0.3 is 0 Å². The summed E-state index contributed by atoms with van der Waals surface area (Å²) < 4.78 is 15.9. The van der Waals surface area contributed by atoms with Crippen molar-refractivity contribution in [2.75, 3.05) is 38.0 Å². The number of nitrogens with zero attached hydrogens (tertiary/aromatic N) is 2.